The first-order valence-corrected chi connectivity index (χ1v) is 24.5. The van der Waals surface area contributed by atoms with Gasteiger partial charge in [0.25, 0.3) is 0 Å². The fourth-order valence-corrected chi connectivity index (χ4v) is 8.18. The van der Waals surface area contributed by atoms with Gasteiger partial charge in [-0.2, -0.15) is 0 Å². The maximum atomic E-state index is 6.48. The van der Waals surface area contributed by atoms with E-state index in [9.17, 15) is 0 Å². The summed E-state index contributed by atoms with van der Waals surface area (Å²) in [6, 6.07) is 50.2. The SMILES string of the molecule is Cc1ccc2c(-c3c(OCOc4ccc(OCOc5ccc(OCOCC6COC6)cc5)cc4)ccc4cc(C)ccc34)cc(OCOc3ccc(OCOc4ccc(OCOCC5COC5)cc4)cc3)cc2c1. The van der Waals surface area contributed by atoms with Crippen LogP contribution in [-0.2, 0) is 18.9 Å². The molecule has 0 amide bonds. The van der Waals surface area contributed by atoms with Crippen LogP contribution in [0.15, 0.2) is 158 Å². The summed E-state index contributed by atoms with van der Waals surface area (Å²) in [5.41, 5.74) is 4.15. The van der Waals surface area contributed by atoms with Gasteiger partial charge in [0, 0.05) is 17.4 Å². The Morgan fingerprint density at radius 3 is 1.11 bits per heavy atom. The fraction of sp³-hybridized carbons (Fsp3) is 0.267. The monoisotopic (exact) mass is 1000 g/mol. The third-order valence-electron chi connectivity index (χ3n) is 12.3. The van der Waals surface area contributed by atoms with Crippen molar-refractivity contribution >= 4 is 21.5 Å². The normalized spacial score (nSPS) is 13.4. The highest BCUT2D eigenvalue weighted by molar-refractivity contribution is 6.08. The topological polar surface area (TPSA) is 129 Å². The molecule has 0 radical (unpaired) electrons. The van der Waals surface area contributed by atoms with Gasteiger partial charge in [0.15, 0.2) is 13.6 Å². The molecule has 0 aliphatic carbocycles. The number of hydrogen-bond acceptors (Lipinski definition) is 14. The van der Waals surface area contributed by atoms with Gasteiger partial charge in [0.2, 0.25) is 27.2 Å². The number of aryl methyl sites for hydroxylation is 2. The van der Waals surface area contributed by atoms with E-state index >= 15 is 0 Å². The molecule has 2 heterocycles. The predicted octanol–water partition coefficient (Wildman–Crippen LogP) is 11.9. The Balaban J connectivity index is 0.725. The molecule has 2 fully saturated rings. The molecule has 10 rings (SSSR count). The van der Waals surface area contributed by atoms with E-state index in [2.05, 4.69) is 56.3 Å². The molecule has 14 nitrogen and oxygen atoms in total. The van der Waals surface area contributed by atoms with E-state index in [4.69, 9.17) is 66.3 Å². The van der Waals surface area contributed by atoms with Gasteiger partial charge in [-0.1, -0.05) is 53.6 Å². The molecule has 0 bridgehead atoms. The molecule has 8 aromatic carbocycles. The molecule has 2 aliphatic rings. The van der Waals surface area contributed by atoms with Gasteiger partial charge in [-0.05, 0) is 156 Å². The van der Waals surface area contributed by atoms with Crippen molar-refractivity contribution in [3.8, 4) is 68.6 Å². The van der Waals surface area contributed by atoms with Crippen LogP contribution in [-0.4, -0.2) is 80.4 Å². The van der Waals surface area contributed by atoms with E-state index in [1.54, 1.807) is 0 Å². The summed E-state index contributed by atoms with van der Waals surface area (Å²) in [5, 5.41) is 4.18. The van der Waals surface area contributed by atoms with Crippen molar-refractivity contribution in [1.82, 2.24) is 0 Å². The highest BCUT2D eigenvalue weighted by atomic mass is 16.7. The molecule has 8 aromatic rings. The molecular weight excluding hydrogens is 945 g/mol. The summed E-state index contributed by atoms with van der Waals surface area (Å²) in [6.07, 6.45) is 0. The summed E-state index contributed by atoms with van der Waals surface area (Å²) in [7, 11) is 0. The number of fused-ring (bicyclic) bond motifs is 2. The maximum Gasteiger partial charge on any atom is 0.230 e. The highest BCUT2D eigenvalue weighted by Gasteiger charge is 2.20. The molecule has 0 saturated carbocycles. The molecule has 0 spiro atoms. The third kappa shape index (κ3) is 13.6. The first-order chi connectivity index (χ1) is 36.4. The summed E-state index contributed by atoms with van der Waals surface area (Å²) in [4.78, 5) is 0. The molecule has 2 aliphatic heterocycles. The van der Waals surface area contributed by atoms with Crippen molar-refractivity contribution in [2.45, 2.75) is 13.8 Å². The van der Waals surface area contributed by atoms with Crippen LogP contribution in [0.3, 0.4) is 0 Å². The Labute approximate surface area is 429 Å². The molecular formula is C60H58O14. The van der Waals surface area contributed by atoms with Crippen LogP contribution >= 0.6 is 0 Å². The Kier molecular flexibility index (Phi) is 16.6. The lowest BCUT2D eigenvalue weighted by molar-refractivity contribution is -0.0926. The van der Waals surface area contributed by atoms with Crippen LogP contribution < -0.4 is 47.4 Å². The Morgan fingerprint density at radius 1 is 0.338 bits per heavy atom. The molecule has 0 unspecified atom stereocenters. The van der Waals surface area contributed by atoms with Crippen LogP contribution in [0.5, 0.6) is 57.5 Å². The van der Waals surface area contributed by atoms with Gasteiger partial charge >= 0.3 is 0 Å². The van der Waals surface area contributed by atoms with Gasteiger partial charge in [0.05, 0.1) is 39.6 Å². The van der Waals surface area contributed by atoms with Crippen molar-refractivity contribution in [3.63, 3.8) is 0 Å². The summed E-state index contributed by atoms with van der Waals surface area (Å²) in [5.74, 6) is 7.40. The van der Waals surface area contributed by atoms with Crippen molar-refractivity contribution < 1.29 is 66.3 Å². The molecule has 0 N–H and O–H groups in total. The standard InChI is InChI=1S/C60H58O14/c1-41-4-23-57-45(25-41)5-24-59(74-40-72-54-20-18-52(19-21-54)70-38-68-50-12-8-48(9-13-50)66-36-64-34-44-31-62-32-44)60(57)58-28-55(27-46-26-42(2)3-22-56(46)58)73-39-71-53-16-14-51(15-17-53)69-37-67-49-10-6-47(7-11-49)65-35-63-33-43-29-61-30-43/h3-28,43-44H,29-40H2,1-2H3. The zero-order chi connectivity index (χ0) is 50.3. The second kappa shape index (κ2) is 24.7. The smallest absolute Gasteiger partial charge is 0.230 e. The fourth-order valence-electron chi connectivity index (χ4n) is 8.18. The van der Waals surface area contributed by atoms with Crippen LogP contribution in [0.2, 0.25) is 0 Å². The lowest BCUT2D eigenvalue weighted by atomic mass is 9.91. The Bertz CT molecular complexity index is 3050. The van der Waals surface area contributed by atoms with Crippen molar-refractivity contribution in [2.24, 2.45) is 11.8 Å². The summed E-state index contributed by atoms with van der Waals surface area (Å²) >= 11 is 0. The minimum Gasteiger partial charge on any atom is -0.468 e. The highest BCUT2D eigenvalue weighted by Crippen LogP contribution is 2.43. The minimum atomic E-state index is -0.0370. The van der Waals surface area contributed by atoms with Crippen molar-refractivity contribution in [2.75, 3.05) is 80.4 Å². The molecule has 0 aromatic heterocycles. The minimum absolute atomic E-state index is 0.0258. The van der Waals surface area contributed by atoms with E-state index in [1.807, 2.05) is 115 Å². The summed E-state index contributed by atoms with van der Waals surface area (Å²) in [6.45, 7) is 8.80. The van der Waals surface area contributed by atoms with E-state index in [1.165, 1.54) is 0 Å². The van der Waals surface area contributed by atoms with Crippen LogP contribution in [0.1, 0.15) is 11.1 Å². The van der Waals surface area contributed by atoms with E-state index in [0.29, 0.717) is 82.5 Å². The zero-order valence-electron chi connectivity index (χ0n) is 41.4. The van der Waals surface area contributed by atoms with Gasteiger partial charge in [0.1, 0.15) is 57.5 Å². The van der Waals surface area contributed by atoms with E-state index in [-0.39, 0.29) is 40.8 Å². The van der Waals surface area contributed by atoms with Crippen LogP contribution in [0.4, 0.5) is 0 Å². The molecule has 74 heavy (non-hydrogen) atoms. The average Bonchev–Trinajstić information content (AvgIpc) is 3.39. The Hall–Kier alpha value is -7.88. The lowest BCUT2D eigenvalue weighted by Crippen LogP contribution is -2.32. The number of benzene rings is 8. The number of hydrogen-bond donors (Lipinski definition) is 0. The predicted molar refractivity (Wildman–Crippen MR) is 278 cm³/mol. The molecule has 14 heteroatoms. The van der Waals surface area contributed by atoms with Gasteiger partial charge in [-0.25, -0.2) is 0 Å². The second-order valence-electron chi connectivity index (χ2n) is 17.9. The summed E-state index contributed by atoms with van der Waals surface area (Å²) < 4.78 is 81.0. The van der Waals surface area contributed by atoms with E-state index < -0.39 is 0 Å². The van der Waals surface area contributed by atoms with Crippen molar-refractivity contribution in [1.29, 1.82) is 0 Å². The van der Waals surface area contributed by atoms with Crippen LogP contribution in [0.25, 0.3) is 32.7 Å². The van der Waals surface area contributed by atoms with E-state index in [0.717, 1.165) is 70.2 Å². The van der Waals surface area contributed by atoms with Gasteiger partial charge in [-0.3, -0.25) is 0 Å². The zero-order valence-corrected chi connectivity index (χ0v) is 41.4. The molecule has 2 saturated heterocycles. The van der Waals surface area contributed by atoms with Crippen molar-refractivity contribution in [3.05, 3.63) is 169 Å². The number of ether oxygens (including phenoxy) is 14. The van der Waals surface area contributed by atoms with Crippen LogP contribution in [0, 0.1) is 25.7 Å². The first kappa shape index (κ1) is 49.7. The first-order valence-electron chi connectivity index (χ1n) is 24.5. The van der Waals surface area contributed by atoms with Gasteiger partial charge in [-0.15, -0.1) is 0 Å². The third-order valence-corrected chi connectivity index (χ3v) is 12.3. The second-order valence-corrected chi connectivity index (χ2v) is 17.9. The molecule has 0 atom stereocenters. The average molecular weight is 1000 g/mol. The maximum absolute atomic E-state index is 6.48. The molecule has 382 valence electrons. The van der Waals surface area contributed by atoms with Gasteiger partial charge < -0.3 is 66.3 Å². The largest absolute Gasteiger partial charge is 0.468 e. The lowest BCUT2D eigenvalue weighted by Gasteiger charge is -2.25. The quantitative estimate of drug-likeness (QED) is 0.0358. The Morgan fingerprint density at radius 2 is 0.703 bits per heavy atom. The number of rotatable bonds is 27.